The Morgan fingerprint density at radius 2 is 2.36 bits per heavy atom. The molecular weight excluding hydrogens is 310 g/mol. The number of carbonyl (C=O) groups is 1. The van der Waals surface area contributed by atoms with Crippen molar-refractivity contribution in [3.8, 4) is 0 Å². The van der Waals surface area contributed by atoms with Crippen LogP contribution in [0.2, 0.25) is 0 Å². The number of H-pyrrole nitrogens is 1. The second-order valence-corrected chi connectivity index (χ2v) is 7.78. The number of carbonyl (C=O) groups excluding carboxylic acids is 1. The lowest BCUT2D eigenvalue weighted by atomic mass is 9.64. The predicted molar refractivity (Wildman–Crippen MR) is 101 cm³/mol. The predicted octanol–water partition coefficient (Wildman–Crippen LogP) is 3.34. The number of nitrogens with one attached hydrogen (secondary N) is 1. The highest BCUT2D eigenvalue weighted by molar-refractivity contribution is 5.89. The first-order valence-electron chi connectivity index (χ1n) is 9.33. The number of fused-ring (bicyclic) bond motifs is 2. The first kappa shape index (κ1) is 16.4. The molecule has 4 rings (SSSR count). The lowest BCUT2D eigenvalue weighted by Crippen LogP contribution is -2.58. The summed E-state index contributed by atoms with van der Waals surface area (Å²) in [6.45, 7) is 7.63. The molecule has 1 aromatic carbocycles. The summed E-state index contributed by atoms with van der Waals surface area (Å²) in [4.78, 5) is 18.3. The molecule has 2 aliphatic rings. The van der Waals surface area contributed by atoms with Crippen LogP contribution in [0.1, 0.15) is 43.2 Å². The molecule has 3 atom stereocenters. The standard InChI is InChI=1S/C21H27N3O/c1-3-8-21(20(22)25)11-16-15-6-5-7-17-19(15)14(12-23-17)10-18(16)24(13-21)9-4-2/h4-7,12,16,18,23H,2-3,8-11,13H2,1H3,(H2,22,25)/t16-,18-,21?/m1/s1. The molecule has 2 heterocycles. The maximum absolute atomic E-state index is 12.5. The van der Waals surface area contributed by atoms with Gasteiger partial charge < -0.3 is 10.7 Å². The van der Waals surface area contributed by atoms with Gasteiger partial charge in [0.05, 0.1) is 5.41 Å². The van der Waals surface area contributed by atoms with E-state index in [1.807, 2.05) is 6.08 Å². The Kier molecular flexibility index (Phi) is 3.95. The van der Waals surface area contributed by atoms with Crippen LogP contribution in [0.5, 0.6) is 0 Å². The number of hydrogen-bond acceptors (Lipinski definition) is 2. The SMILES string of the molecule is C=CCN1CC(CCC)(C(N)=O)C[C@@H]2c3cccc4[nH]cc(c34)C[C@H]21. The fourth-order valence-electron chi connectivity index (χ4n) is 5.28. The summed E-state index contributed by atoms with van der Waals surface area (Å²) in [6, 6.07) is 6.92. The van der Waals surface area contributed by atoms with E-state index in [1.54, 1.807) is 0 Å². The van der Waals surface area contributed by atoms with Crippen LogP contribution in [0.15, 0.2) is 37.1 Å². The second-order valence-electron chi connectivity index (χ2n) is 7.78. The van der Waals surface area contributed by atoms with Gasteiger partial charge in [0.25, 0.3) is 0 Å². The fraction of sp³-hybridized carbons (Fsp3) is 0.476. The van der Waals surface area contributed by atoms with Crippen molar-refractivity contribution < 1.29 is 4.79 Å². The van der Waals surface area contributed by atoms with Crippen molar-refractivity contribution in [2.24, 2.45) is 11.1 Å². The minimum absolute atomic E-state index is 0.145. The van der Waals surface area contributed by atoms with Crippen molar-refractivity contribution in [3.63, 3.8) is 0 Å². The zero-order valence-corrected chi connectivity index (χ0v) is 14.9. The smallest absolute Gasteiger partial charge is 0.224 e. The van der Waals surface area contributed by atoms with E-state index in [4.69, 9.17) is 5.73 Å². The number of benzene rings is 1. The summed E-state index contributed by atoms with van der Waals surface area (Å²) in [5.41, 5.74) is 9.48. The van der Waals surface area contributed by atoms with Crippen LogP contribution >= 0.6 is 0 Å². The van der Waals surface area contributed by atoms with Crippen LogP contribution in [0.3, 0.4) is 0 Å². The number of likely N-dealkylation sites (tertiary alicyclic amines) is 1. The lowest BCUT2D eigenvalue weighted by molar-refractivity contribution is -0.133. The molecule has 1 amide bonds. The van der Waals surface area contributed by atoms with E-state index >= 15 is 0 Å². The molecule has 4 nitrogen and oxygen atoms in total. The molecule has 132 valence electrons. The Balaban J connectivity index is 1.84. The minimum Gasteiger partial charge on any atom is -0.369 e. The molecular formula is C21H27N3O. The third-order valence-electron chi connectivity index (χ3n) is 6.31. The highest BCUT2D eigenvalue weighted by Gasteiger charge is 2.49. The number of nitrogens with zero attached hydrogens (tertiary/aromatic N) is 1. The average molecular weight is 337 g/mol. The molecule has 25 heavy (non-hydrogen) atoms. The summed E-state index contributed by atoms with van der Waals surface area (Å²) >= 11 is 0. The number of piperidine rings is 1. The monoisotopic (exact) mass is 337 g/mol. The van der Waals surface area contributed by atoms with Gasteiger partial charge in [0.2, 0.25) is 5.91 Å². The summed E-state index contributed by atoms with van der Waals surface area (Å²) in [7, 11) is 0. The molecule has 4 heteroatoms. The van der Waals surface area contributed by atoms with Crippen LogP contribution in [0.4, 0.5) is 0 Å². The molecule has 0 spiro atoms. The van der Waals surface area contributed by atoms with Crippen LogP contribution in [-0.2, 0) is 11.2 Å². The van der Waals surface area contributed by atoms with E-state index in [-0.39, 0.29) is 5.91 Å². The van der Waals surface area contributed by atoms with E-state index in [0.29, 0.717) is 12.0 Å². The van der Waals surface area contributed by atoms with Gasteiger partial charge in [-0.15, -0.1) is 6.58 Å². The Morgan fingerprint density at radius 1 is 1.52 bits per heavy atom. The van der Waals surface area contributed by atoms with Crippen LogP contribution in [-0.4, -0.2) is 34.9 Å². The van der Waals surface area contributed by atoms with Gasteiger partial charge in [0.1, 0.15) is 0 Å². The Labute approximate surface area is 149 Å². The molecule has 1 fully saturated rings. The van der Waals surface area contributed by atoms with Gasteiger partial charge in [0, 0.05) is 42.1 Å². The first-order chi connectivity index (χ1) is 12.1. The maximum atomic E-state index is 12.5. The molecule has 1 aliphatic heterocycles. The number of aromatic amines is 1. The van der Waals surface area contributed by atoms with Crippen molar-refractivity contribution in [2.45, 2.75) is 44.6 Å². The third-order valence-corrected chi connectivity index (χ3v) is 6.31. The van der Waals surface area contributed by atoms with Crippen molar-refractivity contribution in [1.29, 1.82) is 0 Å². The van der Waals surface area contributed by atoms with Gasteiger partial charge in [-0.05, 0) is 36.5 Å². The number of nitrogens with two attached hydrogens (primary N) is 1. The molecule has 2 aromatic rings. The lowest BCUT2D eigenvalue weighted by Gasteiger charge is -2.51. The number of primary amides is 1. The van der Waals surface area contributed by atoms with Crippen molar-refractivity contribution >= 4 is 16.8 Å². The zero-order chi connectivity index (χ0) is 17.6. The maximum Gasteiger partial charge on any atom is 0.224 e. The number of rotatable bonds is 5. The molecule has 1 aromatic heterocycles. The number of hydrogen-bond donors (Lipinski definition) is 2. The van der Waals surface area contributed by atoms with E-state index < -0.39 is 5.41 Å². The van der Waals surface area contributed by atoms with Crippen LogP contribution in [0, 0.1) is 5.41 Å². The molecule has 0 saturated carbocycles. The number of aromatic nitrogens is 1. The van der Waals surface area contributed by atoms with Crippen molar-refractivity contribution in [3.05, 3.63) is 48.2 Å². The highest BCUT2D eigenvalue weighted by atomic mass is 16.1. The summed E-state index contributed by atoms with van der Waals surface area (Å²) in [5, 5.41) is 1.36. The summed E-state index contributed by atoms with van der Waals surface area (Å²) < 4.78 is 0. The quantitative estimate of drug-likeness (QED) is 0.822. The summed E-state index contributed by atoms with van der Waals surface area (Å²) in [6.07, 6.45) is 7.82. The molecule has 0 bridgehead atoms. The molecule has 3 N–H and O–H groups in total. The van der Waals surface area contributed by atoms with Gasteiger partial charge in [-0.25, -0.2) is 0 Å². The largest absolute Gasteiger partial charge is 0.369 e. The van der Waals surface area contributed by atoms with Gasteiger partial charge >= 0.3 is 0 Å². The van der Waals surface area contributed by atoms with Crippen molar-refractivity contribution in [1.82, 2.24) is 9.88 Å². The van der Waals surface area contributed by atoms with Gasteiger partial charge in [-0.2, -0.15) is 0 Å². The Bertz CT molecular complexity index is 824. The molecule has 1 unspecified atom stereocenters. The minimum atomic E-state index is -0.436. The molecule has 0 radical (unpaired) electrons. The normalized spacial score (nSPS) is 28.7. The van der Waals surface area contributed by atoms with Crippen LogP contribution < -0.4 is 5.73 Å². The Hall–Kier alpha value is -2.07. The fourth-order valence-corrected chi connectivity index (χ4v) is 5.28. The van der Waals surface area contributed by atoms with E-state index in [2.05, 4.69) is 47.8 Å². The average Bonchev–Trinajstić information content (AvgIpc) is 3.01. The van der Waals surface area contributed by atoms with Gasteiger partial charge in [-0.1, -0.05) is 31.6 Å². The van der Waals surface area contributed by atoms with Gasteiger partial charge in [0.15, 0.2) is 0 Å². The topological polar surface area (TPSA) is 62.1 Å². The first-order valence-corrected chi connectivity index (χ1v) is 9.33. The van der Waals surface area contributed by atoms with E-state index in [9.17, 15) is 4.79 Å². The third kappa shape index (κ3) is 2.43. The van der Waals surface area contributed by atoms with E-state index in [1.165, 1.54) is 22.0 Å². The Morgan fingerprint density at radius 3 is 3.08 bits per heavy atom. The van der Waals surface area contributed by atoms with Gasteiger partial charge in [-0.3, -0.25) is 9.69 Å². The number of amides is 1. The summed E-state index contributed by atoms with van der Waals surface area (Å²) in [5.74, 6) is 0.202. The van der Waals surface area contributed by atoms with Crippen molar-refractivity contribution in [2.75, 3.05) is 13.1 Å². The zero-order valence-electron chi connectivity index (χ0n) is 14.9. The van der Waals surface area contributed by atoms with E-state index in [0.717, 1.165) is 38.8 Å². The second kappa shape index (κ2) is 6.03. The highest BCUT2D eigenvalue weighted by Crippen LogP contribution is 2.49. The molecule has 1 saturated heterocycles. The molecule has 1 aliphatic carbocycles. The van der Waals surface area contributed by atoms with Crippen LogP contribution in [0.25, 0.3) is 10.9 Å².